The SMILES string of the molecule is c1ccc(-n2c3ccccc3c3ccc(-c4cccc5c4c4ccccc4n5-c4ccc(-c5ccc(-n6c7ccccc7c7c(-c8ccc9c%10ccccc%10n(-c%10ccccc%10)c9c8)cccc76)cc5)cc4)cc32)cc1. The predicted molar refractivity (Wildman–Crippen MR) is 320 cm³/mol. The van der Waals surface area contributed by atoms with E-state index >= 15 is 0 Å². The Morgan fingerprint density at radius 1 is 0.171 bits per heavy atom. The monoisotopic (exact) mass is 966 g/mol. The molecule has 4 aromatic heterocycles. The molecule has 12 aromatic carbocycles. The van der Waals surface area contributed by atoms with Crippen molar-refractivity contribution in [3.8, 4) is 56.1 Å². The Morgan fingerprint density at radius 2 is 0.461 bits per heavy atom. The first-order valence-electron chi connectivity index (χ1n) is 26.2. The van der Waals surface area contributed by atoms with Gasteiger partial charge in [0.05, 0.1) is 44.1 Å². The van der Waals surface area contributed by atoms with E-state index in [-0.39, 0.29) is 0 Å². The Bertz CT molecular complexity index is 4640. The van der Waals surface area contributed by atoms with E-state index in [0.29, 0.717) is 0 Å². The Hall–Kier alpha value is -10.2. The quantitative estimate of drug-likeness (QED) is 0.152. The van der Waals surface area contributed by atoms with Gasteiger partial charge in [0.25, 0.3) is 0 Å². The highest BCUT2D eigenvalue weighted by Crippen LogP contribution is 2.44. The molecule has 354 valence electrons. The van der Waals surface area contributed by atoms with Gasteiger partial charge in [0.15, 0.2) is 0 Å². The number of benzene rings is 12. The van der Waals surface area contributed by atoms with Crippen molar-refractivity contribution in [2.24, 2.45) is 0 Å². The highest BCUT2D eigenvalue weighted by Gasteiger charge is 2.21. The first-order valence-corrected chi connectivity index (χ1v) is 26.2. The number of hydrogen-bond donors (Lipinski definition) is 0. The second-order valence-electron chi connectivity index (χ2n) is 20.0. The summed E-state index contributed by atoms with van der Waals surface area (Å²) < 4.78 is 9.67. The van der Waals surface area contributed by atoms with Crippen LogP contribution in [-0.4, -0.2) is 18.3 Å². The first-order chi connectivity index (χ1) is 37.7. The molecule has 4 nitrogen and oxygen atoms in total. The topological polar surface area (TPSA) is 19.7 Å². The Balaban J connectivity index is 0.766. The van der Waals surface area contributed by atoms with E-state index in [1.165, 1.54) is 121 Å². The van der Waals surface area contributed by atoms with Crippen LogP contribution in [0.1, 0.15) is 0 Å². The molecule has 4 heteroatoms. The van der Waals surface area contributed by atoms with Crippen molar-refractivity contribution in [1.29, 1.82) is 0 Å². The molecule has 0 radical (unpaired) electrons. The van der Waals surface area contributed by atoms with Crippen LogP contribution in [0.2, 0.25) is 0 Å². The number of hydrogen-bond acceptors (Lipinski definition) is 0. The van der Waals surface area contributed by atoms with E-state index in [1.54, 1.807) is 0 Å². The van der Waals surface area contributed by atoms with Crippen molar-refractivity contribution in [3.63, 3.8) is 0 Å². The molecule has 4 heterocycles. The van der Waals surface area contributed by atoms with Crippen LogP contribution in [0.3, 0.4) is 0 Å². The largest absolute Gasteiger partial charge is 0.309 e. The normalized spacial score (nSPS) is 11.9. The maximum atomic E-state index is 2.43. The summed E-state index contributed by atoms with van der Waals surface area (Å²) in [6.07, 6.45) is 0. The Morgan fingerprint density at radius 3 is 0.868 bits per heavy atom. The number of nitrogens with zero attached hydrogens (tertiary/aromatic N) is 4. The fourth-order valence-electron chi connectivity index (χ4n) is 12.7. The highest BCUT2D eigenvalue weighted by molar-refractivity contribution is 6.19. The van der Waals surface area contributed by atoms with Gasteiger partial charge in [-0.05, 0) is 130 Å². The molecule has 0 aliphatic carbocycles. The van der Waals surface area contributed by atoms with Crippen molar-refractivity contribution in [2.75, 3.05) is 0 Å². The lowest BCUT2D eigenvalue weighted by molar-refractivity contribution is 1.18. The lowest BCUT2D eigenvalue weighted by Crippen LogP contribution is -1.95. The van der Waals surface area contributed by atoms with Crippen LogP contribution in [0.5, 0.6) is 0 Å². The molecule has 0 bridgehead atoms. The van der Waals surface area contributed by atoms with Crippen LogP contribution in [0, 0.1) is 0 Å². The molecule has 0 atom stereocenters. The molecule has 0 spiro atoms. The summed E-state index contributed by atoms with van der Waals surface area (Å²) in [5.41, 5.74) is 21.3. The van der Waals surface area contributed by atoms with Gasteiger partial charge in [0.1, 0.15) is 0 Å². The number of fused-ring (bicyclic) bond motifs is 12. The van der Waals surface area contributed by atoms with Crippen molar-refractivity contribution >= 4 is 87.2 Å². The number of para-hydroxylation sites is 6. The zero-order valence-corrected chi connectivity index (χ0v) is 41.3. The molecular weight excluding hydrogens is 921 g/mol. The van der Waals surface area contributed by atoms with E-state index in [2.05, 4.69) is 297 Å². The summed E-state index contributed by atoms with van der Waals surface area (Å²) in [7, 11) is 0. The zero-order chi connectivity index (χ0) is 49.8. The molecular formula is C72H46N4. The first kappa shape index (κ1) is 42.4. The summed E-state index contributed by atoms with van der Waals surface area (Å²) in [5, 5.41) is 10.0. The molecule has 0 N–H and O–H groups in total. The average molecular weight is 967 g/mol. The van der Waals surface area contributed by atoms with Gasteiger partial charge in [-0.3, -0.25) is 0 Å². The fraction of sp³-hybridized carbons (Fsp3) is 0. The fourth-order valence-corrected chi connectivity index (χ4v) is 12.7. The smallest absolute Gasteiger partial charge is 0.0547 e. The molecule has 0 unspecified atom stereocenters. The minimum atomic E-state index is 1.13. The number of aromatic nitrogens is 4. The van der Waals surface area contributed by atoms with Gasteiger partial charge in [-0.1, -0.05) is 182 Å². The number of rotatable bonds is 7. The minimum absolute atomic E-state index is 1.13. The lowest BCUT2D eigenvalue weighted by atomic mass is 9.98. The summed E-state index contributed by atoms with van der Waals surface area (Å²) in [6, 6.07) is 102. The van der Waals surface area contributed by atoms with Crippen molar-refractivity contribution in [1.82, 2.24) is 18.3 Å². The maximum Gasteiger partial charge on any atom is 0.0547 e. The third kappa shape index (κ3) is 6.31. The van der Waals surface area contributed by atoms with Gasteiger partial charge in [0, 0.05) is 65.8 Å². The maximum absolute atomic E-state index is 2.43. The van der Waals surface area contributed by atoms with Crippen LogP contribution in [0.4, 0.5) is 0 Å². The van der Waals surface area contributed by atoms with Gasteiger partial charge in [-0.2, -0.15) is 0 Å². The molecule has 16 rings (SSSR count). The summed E-state index contributed by atoms with van der Waals surface area (Å²) in [5.74, 6) is 0. The van der Waals surface area contributed by atoms with Crippen LogP contribution in [0.15, 0.2) is 279 Å². The molecule has 0 saturated carbocycles. The zero-order valence-electron chi connectivity index (χ0n) is 41.3. The van der Waals surface area contributed by atoms with E-state index < -0.39 is 0 Å². The van der Waals surface area contributed by atoms with Crippen LogP contribution < -0.4 is 0 Å². The summed E-state index contributed by atoms with van der Waals surface area (Å²) >= 11 is 0. The second kappa shape index (κ2) is 16.7. The van der Waals surface area contributed by atoms with Crippen LogP contribution in [0.25, 0.3) is 143 Å². The Labute approximate surface area is 438 Å². The van der Waals surface area contributed by atoms with Gasteiger partial charge >= 0.3 is 0 Å². The molecule has 0 aliphatic rings. The standard InChI is InChI=1S/C72H46N4/c1-3-17-51(18-4-1)75-63-27-11-7-21-57(63)59-43-37-49(45-69(59)75)55-25-15-31-67-71(55)61-23-9-13-29-65(61)73(67)53-39-33-47(34-40-53)48-35-41-54(42-36-48)74-66-30-14-10-24-62(66)72-56(26-16-32-68(72)74)50-38-44-60-58-22-8-12-28-64(58)76(70(60)46-50)52-19-5-2-6-20-52/h1-46H. The highest BCUT2D eigenvalue weighted by atomic mass is 15.0. The third-order valence-electron chi connectivity index (χ3n) is 16.0. The Kier molecular flexibility index (Phi) is 9.30. The van der Waals surface area contributed by atoms with E-state index in [4.69, 9.17) is 0 Å². The van der Waals surface area contributed by atoms with Gasteiger partial charge in [-0.15, -0.1) is 0 Å². The minimum Gasteiger partial charge on any atom is -0.309 e. The van der Waals surface area contributed by atoms with Gasteiger partial charge < -0.3 is 18.3 Å². The van der Waals surface area contributed by atoms with Gasteiger partial charge in [-0.25, -0.2) is 0 Å². The summed E-state index contributed by atoms with van der Waals surface area (Å²) in [4.78, 5) is 0. The third-order valence-corrected chi connectivity index (χ3v) is 16.0. The van der Waals surface area contributed by atoms with E-state index in [0.717, 1.165) is 22.7 Å². The van der Waals surface area contributed by atoms with Crippen LogP contribution >= 0.6 is 0 Å². The van der Waals surface area contributed by atoms with Crippen molar-refractivity contribution in [2.45, 2.75) is 0 Å². The molecule has 0 aliphatic heterocycles. The second-order valence-corrected chi connectivity index (χ2v) is 20.0. The predicted octanol–water partition coefficient (Wildman–Crippen LogP) is 19.1. The van der Waals surface area contributed by atoms with E-state index in [9.17, 15) is 0 Å². The molecule has 0 amide bonds. The van der Waals surface area contributed by atoms with E-state index in [1.807, 2.05) is 0 Å². The summed E-state index contributed by atoms with van der Waals surface area (Å²) in [6.45, 7) is 0. The van der Waals surface area contributed by atoms with Crippen molar-refractivity contribution < 1.29 is 0 Å². The molecule has 0 saturated heterocycles. The molecule has 76 heavy (non-hydrogen) atoms. The average Bonchev–Trinajstić information content (AvgIpc) is 4.23. The van der Waals surface area contributed by atoms with Crippen molar-refractivity contribution in [3.05, 3.63) is 279 Å². The van der Waals surface area contributed by atoms with Gasteiger partial charge in [0.2, 0.25) is 0 Å². The van der Waals surface area contributed by atoms with Crippen LogP contribution in [-0.2, 0) is 0 Å². The molecule has 16 aromatic rings. The molecule has 0 fully saturated rings. The lowest BCUT2D eigenvalue weighted by Gasteiger charge is -2.12.